The topological polar surface area (TPSA) is 46.3 Å². The molecule has 2 atom stereocenters. The van der Waals surface area contributed by atoms with Gasteiger partial charge in [0.05, 0.1) is 0 Å². The first kappa shape index (κ1) is 15.0. The number of aryl methyl sites for hydroxylation is 1. The Kier molecular flexibility index (Phi) is 5.18. The lowest BCUT2D eigenvalue weighted by atomic mass is 10.0. The van der Waals surface area contributed by atoms with E-state index in [0.29, 0.717) is 6.04 Å². The lowest BCUT2D eigenvalue weighted by molar-refractivity contribution is -0.135. The van der Waals surface area contributed by atoms with Gasteiger partial charge in [0.1, 0.15) is 6.04 Å². The Morgan fingerprint density at radius 1 is 1.30 bits per heavy atom. The van der Waals surface area contributed by atoms with Crippen molar-refractivity contribution in [2.45, 2.75) is 58.0 Å². The van der Waals surface area contributed by atoms with Gasteiger partial charge in [0.2, 0.25) is 5.91 Å². The van der Waals surface area contributed by atoms with Gasteiger partial charge in [-0.3, -0.25) is 4.79 Å². The molecule has 0 bridgehead atoms. The van der Waals surface area contributed by atoms with Crippen LogP contribution in [-0.2, 0) is 4.79 Å². The molecule has 0 aliphatic carbocycles. The summed E-state index contributed by atoms with van der Waals surface area (Å²) >= 11 is 0. The van der Waals surface area contributed by atoms with Crippen molar-refractivity contribution in [2.24, 2.45) is 5.73 Å². The molecule has 1 heterocycles. The summed E-state index contributed by atoms with van der Waals surface area (Å²) in [5.74, 6) is 0.0857. The molecule has 1 amide bonds. The van der Waals surface area contributed by atoms with Crippen LogP contribution in [0.4, 0.5) is 0 Å². The highest BCUT2D eigenvalue weighted by Gasteiger charge is 2.28. The molecule has 20 heavy (non-hydrogen) atoms. The minimum Gasteiger partial charge on any atom is -0.338 e. The van der Waals surface area contributed by atoms with Crippen LogP contribution in [0.3, 0.4) is 0 Å². The van der Waals surface area contributed by atoms with Crippen molar-refractivity contribution in [3.8, 4) is 0 Å². The number of hydrogen-bond acceptors (Lipinski definition) is 2. The summed E-state index contributed by atoms with van der Waals surface area (Å²) in [7, 11) is 0. The van der Waals surface area contributed by atoms with Gasteiger partial charge < -0.3 is 10.6 Å². The van der Waals surface area contributed by atoms with E-state index < -0.39 is 6.04 Å². The molecule has 110 valence electrons. The molecule has 1 aliphatic rings. The predicted octanol–water partition coefficient (Wildman–Crippen LogP) is 3.18. The minimum absolute atomic E-state index is 0.0857. The van der Waals surface area contributed by atoms with Crippen molar-refractivity contribution >= 4 is 5.91 Å². The van der Waals surface area contributed by atoms with Crippen molar-refractivity contribution in [3.63, 3.8) is 0 Å². The Hall–Kier alpha value is -1.35. The fourth-order valence-electron chi connectivity index (χ4n) is 2.99. The van der Waals surface area contributed by atoms with E-state index in [9.17, 15) is 4.79 Å². The van der Waals surface area contributed by atoms with E-state index in [1.54, 1.807) is 0 Å². The Morgan fingerprint density at radius 2 is 2.00 bits per heavy atom. The molecule has 0 radical (unpaired) electrons. The van der Waals surface area contributed by atoms with E-state index in [4.69, 9.17) is 5.73 Å². The second-order valence-electron chi connectivity index (χ2n) is 5.83. The van der Waals surface area contributed by atoms with Gasteiger partial charge in [0.15, 0.2) is 0 Å². The number of hydrogen-bond donors (Lipinski definition) is 1. The zero-order valence-corrected chi connectivity index (χ0v) is 12.6. The van der Waals surface area contributed by atoms with Gasteiger partial charge in [-0.15, -0.1) is 0 Å². The van der Waals surface area contributed by atoms with Crippen molar-refractivity contribution in [3.05, 3.63) is 35.4 Å². The molecule has 1 aromatic carbocycles. The Morgan fingerprint density at radius 3 is 2.65 bits per heavy atom. The quantitative estimate of drug-likeness (QED) is 0.920. The number of benzene rings is 1. The van der Waals surface area contributed by atoms with E-state index in [-0.39, 0.29) is 5.91 Å². The lowest BCUT2D eigenvalue weighted by Gasteiger charge is -2.31. The summed E-state index contributed by atoms with van der Waals surface area (Å²) in [6, 6.07) is 7.81. The largest absolute Gasteiger partial charge is 0.338 e. The highest BCUT2D eigenvalue weighted by atomic mass is 16.2. The summed E-state index contributed by atoms with van der Waals surface area (Å²) in [6.07, 6.45) is 5.68. The molecule has 1 aliphatic heterocycles. The van der Waals surface area contributed by atoms with Crippen LogP contribution < -0.4 is 5.73 Å². The first-order chi connectivity index (χ1) is 9.63. The fraction of sp³-hybridized carbons (Fsp3) is 0.588. The summed E-state index contributed by atoms with van der Waals surface area (Å²) in [5, 5.41) is 0. The van der Waals surface area contributed by atoms with Gasteiger partial charge in [0, 0.05) is 12.6 Å². The van der Waals surface area contributed by atoms with Crippen molar-refractivity contribution < 1.29 is 4.79 Å². The molecular weight excluding hydrogens is 248 g/mol. The van der Waals surface area contributed by atoms with Crippen LogP contribution in [0.15, 0.2) is 24.3 Å². The molecular formula is C17H26N2O. The van der Waals surface area contributed by atoms with Gasteiger partial charge in [0.25, 0.3) is 0 Å². The molecule has 2 unspecified atom stereocenters. The number of nitrogens with zero attached hydrogens (tertiary/aromatic N) is 1. The molecule has 2 rings (SSSR count). The molecule has 0 aromatic heterocycles. The molecule has 0 saturated carbocycles. The van der Waals surface area contributed by atoms with Crippen molar-refractivity contribution in [1.82, 2.24) is 4.90 Å². The third kappa shape index (κ3) is 3.40. The number of nitrogens with two attached hydrogens (primary N) is 1. The molecule has 3 heteroatoms. The Labute approximate surface area is 122 Å². The second-order valence-corrected chi connectivity index (χ2v) is 5.83. The van der Waals surface area contributed by atoms with Gasteiger partial charge in [-0.25, -0.2) is 0 Å². The number of likely N-dealkylation sites (tertiary alicyclic amines) is 1. The maximum atomic E-state index is 12.7. The SMILES string of the molecule is CCC1CCCCCN1C(=O)C(N)c1ccc(C)cc1. The number of rotatable bonds is 3. The maximum Gasteiger partial charge on any atom is 0.244 e. The second kappa shape index (κ2) is 6.89. The highest BCUT2D eigenvalue weighted by molar-refractivity contribution is 5.83. The molecule has 0 spiro atoms. The Bertz CT molecular complexity index is 441. The molecule has 3 nitrogen and oxygen atoms in total. The summed E-state index contributed by atoms with van der Waals surface area (Å²) in [4.78, 5) is 14.7. The summed E-state index contributed by atoms with van der Waals surface area (Å²) in [6.45, 7) is 5.06. The van der Waals surface area contributed by atoms with Gasteiger partial charge >= 0.3 is 0 Å². The van der Waals surface area contributed by atoms with E-state index in [0.717, 1.165) is 31.4 Å². The molecule has 2 N–H and O–H groups in total. The number of carbonyl (C=O) groups is 1. The smallest absolute Gasteiger partial charge is 0.244 e. The molecule has 1 fully saturated rings. The standard InChI is InChI=1S/C17H26N2O/c1-3-15-7-5-4-6-12-19(15)17(20)16(18)14-10-8-13(2)9-11-14/h8-11,15-16H,3-7,12,18H2,1-2H3. The van der Waals surface area contributed by atoms with E-state index >= 15 is 0 Å². The average Bonchev–Trinajstić information content (AvgIpc) is 2.71. The lowest BCUT2D eigenvalue weighted by Crippen LogP contribution is -2.44. The normalized spacial score (nSPS) is 21.4. The van der Waals surface area contributed by atoms with Crippen molar-refractivity contribution in [1.29, 1.82) is 0 Å². The van der Waals surface area contributed by atoms with Crippen LogP contribution in [-0.4, -0.2) is 23.4 Å². The fourth-order valence-corrected chi connectivity index (χ4v) is 2.99. The predicted molar refractivity (Wildman–Crippen MR) is 82.4 cm³/mol. The van der Waals surface area contributed by atoms with Crippen LogP contribution in [0.2, 0.25) is 0 Å². The highest BCUT2D eigenvalue weighted by Crippen LogP contribution is 2.23. The van der Waals surface area contributed by atoms with Crippen LogP contribution in [0.5, 0.6) is 0 Å². The van der Waals surface area contributed by atoms with Gasteiger partial charge in [-0.2, -0.15) is 0 Å². The first-order valence-electron chi connectivity index (χ1n) is 7.76. The summed E-state index contributed by atoms with van der Waals surface area (Å²) in [5.41, 5.74) is 8.30. The van der Waals surface area contributed by atoms with Gasteiger partial charge in [-0.05, 0) is 31.7 Å². The maximum absolute atomic E-state index is 12.7. The van der Waals surface area contributed by atoms with Gasteiger partial charge in [-0.1, -0.05) is 49.6 Å². The van der Waals surface area contributed by atoms with Crippen LogP contribution in [0, 0.1) is 6.92 Å². The van der Waals surface area contributed by atoms with Crippen LogP contribution >= 0.6 is 0 Å². The van der Waals surface area contributed by atoms with E-state index in [1.807, 2.05) is 36.1 Å². The van der Waals surface area contributed by atoms with Crippen LogP contribution in [0.25, 0.3) is 0 Å². The summed E-state index contributed by atoms with van der Waals surface area (Å²) < 4.78 is 0. The number of carbonyl (C=O) groups excluding carboxylic acids is 1. The third-order valence-corrected chi connectivity index (χ3v) is 4.33. The number of amides is 1. The van der Waals surface area contributed by atoms with Crippen LogP contribution in [0.1, 0.15) is 56.2 Å². The Balaban J connectivity index is 2.13. The zero-order valence-electron chi connectivity index (χ0n) is 12.6. The van der Waals surface area contributed by atoms with Crippen molar-refractivity contribution in [2.75, 3.05) is 6.54 Å². The zero-order chi connectivity index (χ0) is 14.5. The molecule has 1 aromatic rings. The first-order valence-corrected chi connectivity index (χ1v) is 7.76. The average molecular weight is 274 g/mol. The minimum atomic E-state index is -0.525. The van der Waals surface area contributed by atoms with E-state index in [1.165, 1.54) is 18.4 Å². The monoisotopic (exact) mass is 274 g/mol. The third-order valence-electron chi connectivity index (χ3n) is 4.33. The molecule has 1 saturated heterocycles. The van der Waals surface area contributed by atoms with E-state index in [2.05, 4.69) is 6.92 Å².